The van der Waals surface area contributed by atoms with E-state index in [1.807, 2.05) is 6.92 Å². The minimum atomic E-state index is -1.19. The quantitative estimate of drug-likeness (QED) is 0.379. The van der Waals surface area contributed by atoms with Crippen LogP contribution < -0.4 is 0 Å². The SMILES string of the molecule is C=CC.O=C(O)CO.[MgH2]. The Morgan fingerprint density at radius 1 is 1.78 bits per heavy atom. The molecule has 0 spiro atoms. The predicted octanol–water partition coefficient (Wildman–Crippen LogP) is -0.661. The highest BCUT2D eigenvalue weighted by molar-refractivity contribution is 5.75. The number of aliphatic hydroxyl groups excluding tert-OH is 1. The van der Waals surface area contributed by atoms with Crippen LogP contribution in [0.4, 0.5) is 0 Å². The molecule has 0 aliphatic heterocycles. The fourth-order valence-corrected chi connectivity index (χ4v) is 0. The zero-order valence-electron chi connectivity index (χ0n) is 4.79. The molecule has 0 aromatic carbocycles. The zero-order valence-corrected chi connectivity index (χ0v) is 4.79. The lowest BCUT2D eigenvalue weighted by Crippen LogP contribution is -1.98. The molecule has 0 amide bonds. The van der Waals surface area contributed by atoms with Crippen LogP contribution >= 0.6 is 0 Å². The number of allylic oxidation sites excluding steroid dienone is 1. The highest BCUT2D eigenvalue weighted by Crippen LogP contribution is 1.48. The number of hydrogen-bond acceptors (Lipinski definition) is 2. The summed E-state index contributed by atoms with van der Waals surface area (Å²) in [7, 11) is 0. The Kier molecular flexibility index (Phi) is 27.8. The third-order valence-corrected chi connectivity index (χ3v) is 0.135. The Morgan fingerprint density at radius 2 is 1.89 bits per heavy atom. The Hall–Kier alpha value is -0.0638. The maximum absolute atomic E-state index is 9.12. The van der Waals surface area contributed by atoms with Gasteiger partial charge in [-0.25, -0.2) is 4.79 Å². The van der Waals surface area contributed by atoms with E-state index in [0.29, 0.717) is 0 Å². The number of rotatable bonds is 1. The molecule has 3 nitrogen and oxygen atoms in total. The van der Waals surface area contributed by atoms with Crippen LogP contribution in [-0.2, 0) is 4.79 Å². The Morgan fingerprint density at radius 3 is 1.89 bits per heavy atom. The molecule has 4 heteroatoms. The summed E-state index contributed by atoms with van der Waals surface area (Å²) in [5, 5.41) is 15.0. The zero-order chi connectivity index (χ0) is 6.99. The maximum Gasteiger partial charge on any atom is 0.329 e. The Labute approximate surface area is 70.5 Å². The van der Waals surface area contributed by atoms with E-state index in [1.165, 1.54) is 0 Å². The lowest BCUT2D eigenvalue weighted by atomic mass is 10.8. The first-order chi connectivity index (χ1) is 3.68. The van der Waals surface area contributed by atoms with E-state index in [4.69, 9.17) is 15.0 Å². The van der Waals surface area contributed by atoms with Crippen molar-refractivity contribution in [2.75, 3.05) is 6.61 Å². The van der Waals surface area contributed by atoms with Crippen LogP contribution in [0.15, 0.2) is 12.7 Å². The Bertz CT molecular complexity index is 72.6. The van der Waals surface area contributed by atoms with E-state index < -0.39 is 12.6 Å². The highest BCUT2D eigenvalue weighted by atomic mass is 24.3. The topological polar surface area (TPSA) is 57.5 Å². The summed E-state index contributed by atoms with van der Waals surface area (Å²) in [5.74, 6) is -1.19. The van der Waals surface area contributed by atoms with Gasteiger partial charge in [0.25, 0.3) is 0 Å². The average molecular weight is 144 g/mol. The molecule has 0 fully saturated rings. The lowest BCUT2D eigenvalue weighted by Gasteiger charge is -1.72. The van der Waals surface area contributed by atoms with Crippen molar-refractivity contribution in [2.45, 2.75) is 6.92 Å². The summed E-state index contributed by atoms with van der Waals surface area (Å²) in [5.41, 5.74) is 0. The first-order valence-electron chi connectivity index (χ1n) is 2.08. The fourth-order valence-electron chi connectivity index (χ4n) is 0. The monoisotopic (exact) mass is 144 g/mol. The molecule has 0 aliphatic rings. The van der Waals surface area contributed by atoms with Crippen molar-refractivity contribution in [1.29, 1.82) is 0 Å². The van der Waals surface area contributed by atoms with E-state index in [0.717, 1.165) is 0 Å². The molecule has 0 rings (SSSR count). The molecule has 52 valence electrons. The van der Waals surface area contributed by atoms with Gasteiger partial charge in [0, 0.05) is 0 Å². The second-order valence-corrected chi connectivity index (χ2v) is 0.960. The van der Waals surface area contributed by atoms with Crippen molar-refractivity contribution >= 4 is 29.0 Å². The van der Waals surface area contributed by atoms with Crippen LogP contribution in [0.2, 0.25) is 0 Å². The third kappa shape index (κ3) is 74.6. The molecule has 0 heterocycles. The largest absolute Gasteiger partial charge is 0.480 e. The van der Waals surface area contributed by atoms with Gasteiger partial charge in [0.1, 0.15) is 6.61 Å². The van der Waals surface area contributed by atoms with Crippen LogP contribution in [0.25, 0.3) is 0 Å². The number of carbonyl (C=O) groups is 1. The lowest BCUT2D eigenvalue weighted by molar-refractivity contribution is -0.140. The van der Waals surface area contributed by atoms with Crippen molar-refractivity contribution in [1.82, 2.24) is 0 Å². The van der Waals surface area contributed by atoms with Crippen molar-refractivity contribution in [3.63, 3.8) is 0 Å². The second kappa shape index (κ2) is 15.7. The molecule has 2 N–H and O–H groups in total. The van der Waals surface area contributed by atoms with Gasteiger partial charge in [-0.05, 0) is 6.92 Å². The number of carboxylic acid groups (broad SMARTS) is 1. The van der Waals surface area contributed by atoms with Gasteiger partial charge in [-0.15, -0.1) is 6.58 Å². The van der Waals surface area contributed by atoms with Gasteiger partial charge in [0.15, 0.2) is 0 Å². The highest BCUT2D eigenvalue weighted by Gasteiger charge is 1.82. The number of aliphatic carboxylic acids is 1. The molecule has 0 atom stereocenters. The van der Waals surface area contributed by atoms with Crippen LogP contribution in [0.3, 0.4) is 0 Å². The number of aliphatic hydroxyl groups is 1. The molecular weight excluding hydrogens is 132 g/mol. The smallest absolute Gasteiger partial charge is 0.329 e. The van der Waals surface area contributed by atoms with Gasteiger partial charge < -0.3 is 10.2 Å². The average Bonchev–Trinajstić information content (AvgIpc) is 1.69. The Balaban J connectivity index is -0.0000000800. The first kappa shape index (κ1) is 16.0. The summed E-state index contributed by atoms with van der Waals surface area (Å²) in [6, 6.07) is 0. The van der Waals surface area contributed by atoms with Gasteiger partial charge in [-0.2, -0.15) is 0 Å². The standard InChI is InChI=1S/C3H6.C2H4O3.Mg.2H/c1-3-2;3-1-2(4)5;;;/h3H,1H2,2H3;3H,1H2,(H,4,5);;;. The molecule has 0 aromatic heterocycles. The molecule has 0 bridgehead atoms. The summed E-state index contributed by atoms with van der Waals surface area (Å²) in [4.78, 5) is 9.12. The van der Waals surface area contributed by atoms with E-state index in [9.17, 15) is 0 Å². The van der Waals surface area contributed by atoms with Crippen LogP contribution in [0.1, 0.15) is 6.92 Å². The van der Waals surface area contributed by atoms with Crippen molar-refractivity contribution in [3.8, 4) is 0 Å². The molecule has 0 aliphatic carbocycles. The number of carboxylic acids is 1. The number of hydrogen-bond donors (Lipinski definition) is 2. The van der Waals surface area contributed by atoms with E-state index >= 15 is 0 Å². The molecule has 0 saturated heterocycles. The molecule has 0 radical (unpaired) electrons. The van der Waals surface area contributed by atoms with Crippen molar-refractivity contribution in [2.24, 2.45) is 0 Å². The van der Waals surface area contributed by atoms with Crippen LogP contribution in [0.5, 0.6) is 0 Å². The summed E-state index contributed by atoms with van der Waals surface area (Å²) >= 11 is 0. The molecule has 0 saturated carbocycles. The van der Waals surface area contributed by atoms with E-state index in [2.05, 4.69) is 6.58 Å². The summed E-state index contributed by atoms with van der Waals surface area (Å²) < 4.78 is 0. The van der Waals surface area contributed by atoms with Crippen LogP contribution in [-0.4, -0.2) is 45.8 Å². The normalized spacial score (nSPS) is 5.56. The summed E-state index contributed by atoms with van der Waals surface area (Å²) in [6.07, 6.45) is 1.75. The minimum Gasteiger partial charge on any atom is -0.480 e. The maximum atomic E-state index is 9.12. The predicted molar refractivity (Wildman–Crippen MR) is 39.1 cm³/mol. The third-order valence-electron chi connectivity index (χ3n) is 0.135. The van der Waals surface area contributed by atoms with Gasteiger partial charge in [0.2, 0.25) is 0 Å². The molecule has 0 aromatic rings. The fraction of sp³-hybridized carbons (Fsp3) is 0.400. The van der Waals surface area contributed by atoms with Gasteiger partial charge >= 0.3 is 29.0 Å². The van der Waals surface area contributed by atoms with Gasteiger partial charge in [-0.3, -0.25) is 0 Å². The van der Waals surface area contributed by atoms with E-state index in [1.54, 1.807) is 6.08 Å². The van der Waals surface area contributed by atoms with Gasteiger partial charge in [-0.1, -0.05) is 6.08 Å². The van der Waals surface area contributed by atoms with E-state index in [-0.39, 0.29) is 23.1 Å². The second-order valence-electron chi connectivity index (χ2n) is 0.960. The molecular formula is C5H12MgO3. The van der Waals surface area contributed by atoms with Gasteiger partial charge in [0.05, 0.1) is 0 Å². The molecule has 9 heavy (non-hydrogen) atoms. The first-order valence-corrected chi connectivity index (χ1v) is 2.08. The summed E-state index contributed by atoms with van der Waals surface area (Å²) in [6.45, 7) is 4.47. The van der Waals surface area contributed by atoms with Crippen molar-refractivity contribution < 1.29 is 15.0 Å². The van der Waals surface area contributed by atoms with Crippen LogP contribution in [0, 0.1) is 0 Å². The molecule has 0 unspecified atom stereocenters. The van der Waals surface area contributed by atoms with Crippen molar-refractivity contribution in [3.05, 3.63) is 12.7 Å². The minimum absolute atomic E-state index is 0.